The first-order valence-electron chi connectivity index (χ1n) is 3.41. The Morgan fingerprint density at radius 1 is 1.77 bits per heavy atom. The molecule has 1 aromatic rings. The van der Waals surface area contributed by atoms with Crippen molar-refractivity contribution in [2.24, 2.45) is 5.11 Å². The molecule has 0 fully saturated rings. The number of rotatable bonds is 2. The summed E-state index contributed by atoms with van der Waals surface area (Å²) in [5, 5.41) is 5.04. The van der Waals surface area contributed by atoms with Gasteiger partial charge < -0.3 is 0 Å². The van der Waals surface area contributed by atoms with E-state index < -0.39 is 0 Å². The molecular formula is C8H5N3OS. The van der Waals surface area contributed by atoms with Gasteiger partial charge in [-0.15, -0.1) is 11.3 Å². The van der Waals surface area contributed by atoms with Crippen LogP contribution in [-0.2, 0) is 0 Å². The van der Waals surface area contributed by atoms with Crippen LogP contribution in [-0.4, -0.2) is 12.8 Å². The Labute approximate surface area is 78.8 Å². The molecule has 0 bridgehead atoms. The average Bonchev–Trinajstić information content (AvgIpc) is 2.60. The second kappa shape index (κ2) is 4.99. The van der Waals surface area contributed by atoms with E-state index in [0.29, 0.717) is 10.4 Å². The highest BCUT2D eigenvalue weighted by molar-refractivity contribution is 7.11. The van der Waals surface area contributed by atoms with Crippen LogP contribution < -0.4 is 0 Å². The highest BCUT2D eigenvalue weighted by Gasteiger charge is 1.97. The van der Waals surface area contributed by atoms with Crippen molar-refractivity contribution >= 4 is 17.6 Å². The SMILES string of the molecule is [N-]=[N+]=NCC#Cc1ccsc1C=O. The molecular weight excluding hydrogens is 186 g/mol. The van der Waals surface area contributed by atoms with Gasteiger partial charge in [0.05, 0.1) is 11.4 Å². The molecule has 0 spiro atoms. The van der Waals surface area contributed by atoms with E-state index in [1.807, 2.05) is 0 Å². The van der Waals surface area contributed by atoms with Crippen molar-refractivity contribution in [3.63, 3.8) is 0 Å². The minimum Gasteiger partial charge on any atom is -0.297 e. The van der Waals surface area contributed by atoms with Crippen molar-refractivity contribution < 1.29 is 4.79 Å². The van der Waals surface area contributed by atoms with E-state index in [1.54, 1.807) is 11.4 Å². The number of azide groups is 1. The Morgan fingerprint density at radius 2 is 2.62 bits per heavy atom. The molecule has 0 aromatic carbocycles. The van der Waals surface area contributed by atoms with Gasteiger partial charge in [0, 0.05) is 10.5 Å². The molecule has 0 N–H and O–H groups in total. The van der Waals surface area contributed by atoms with Gasteiger partial charge in [-0.2, -0.15) is 0 Å². The predicted octanol–water partition coefficient (Wildman–Crippen LogP) is 2.22. The van der Waals surface area contributed by atoms with Gasteiger partial charge in [0.15, 0.2) is 6.29 Å². The number of hydrogen-bond donors (Lipinski definition) is 0. The van der Waals surface area contributed by atoms with Crippen LogP contribution in [0.1, 0.15) is 15.2 Å². The molecule has 1 aromatic heterocycles. The number of nitrogens with zero attached hydrogens (tertiary/aromatic N) is 3. The van der Waals surface area contributed by atoms with Gasteiger partial charge in [0.1, 0.15) is 0 Å². The highest BCUT2D eigenvalue weighted by Crippen LogP contribution is 2.12. The van der Waals surface area contributed by atoms with E-state index in [2.05, 4.69) is 21.9 Å². The fourth-order valence-electron chi connectivity index (χ4n) is 0.717. The Kier molecular flexibility index (Phi) is 3.58. The van der Waals surface area contributed by atoms with E-state index in [9.17, 15) is 4.79 Å². The molecule has 0 amide bonds. The molecule has 0 aliphatic heterocycles. The van der Waals surface area contributed by atoms with E-state index in [4.69, 9.17) is 5.53 Å². The van der Waals surface area contributed by atoms with Crippen LogP contribution in [0.3, 0.4) is 0 Å². The van der Waals surface area contributed by atoms with E-state index in [0.717, 1.165) is 6.29 Å². The zero-order valence-electron chi connectivity index (χ0n) is 6.60. The summed E-state index contributed by atoms with van der Waals surface area (Å²) in [6.07, 6.45) is 0.766. The van der Waals surface area contributed by atoms with Crippen LogP contribution in [0.2, 0.25) is 0 Å². The minimum atomic E-state index is 0.130. The molecule has 0 aliphatic carbocycles. The molecule has 64 valence electrons. The van der Waals surface area contributed by atoms with E-state index >= 15 is 0 Å². The van der Waals surface area contributed by atoms with Gasteiger partial charge in [0.2, 0.25) is 0 Å². The van der Waals surface area contributed by atoms with Gasteiger partial charge >= 0.3 is 0 Å². The van der Waals surface area contributed by atoms with Gasteiger partial charge in [-0.1, -0.05) is 17.0 Å². The Bertz CT molecular complexity index is 407. The minimum absolute atomic E-state index is 0.130. The summed E-state index contributed by atoms with van der Waals surface area (Å²) >= 11 is 1.34. The fourth-order valence-corrected chi connectivity index (χ4v) is 1.37. The first kappa shape index (κ1) is 9.33. The van der Waals surface area contributed by atoms with Gasteiger partial charge in [-0.25, -0.2) is 0 Å². The Morgan fingerprint density at radius 3 is 3.31 bits per heavy atom. The van der Waals surface area contributed by atoms with Crippen molar-refractivity contribution in [3.8, 4) is 11.8 Å². The predicted molar refractivity (Wildman–Crippen MR) is 50.6 cm³/mol. The molecule has 5 heteroatoms. The number of hydrogen-bond acceptors (Lipinski definition) is 3. The molecule has 1 rings (SSSR count). The van der Waals surface area contributed by atoms with Crippen molar-refractivity contribution in [2.45, 2.75) is 0 Å². The first-order chi connectivity index (χ1) is 6.38. The average molecular weight is 191 g/mol. The van der Waals surface area contributed by atoms with Crippen LogP contribution in [0.5, 0.6) is 0 Å². The molecule has 0 unspecified atom stereocenters. The van der Waals surface area contributed by atoms with Crippen molar-refractivity contribution in [1.29, 1.82) is 0 Å². The molecule has 4 nitrogen and oxygen atoms in total. The van der Waals surface area contributed by atoms with Crippen LogP contribution >= 0.6 is 11.3 Å². The van der Waals surface area contributed by atoms with Crippen LogP contribution in [0.15, 0.2) is 16.6 Å². The maximum Gasteiger partial charge on any atom is 0.161 e. The zero-order valence-corrected chi connectivity index (χ0v) is 7.41. The van der Waals surface area contributed by atoms with Gasteiger partial charge in [-0.05, 0) is 17.0 Å². The first-order valence-corrected chi connectivity index (χ1v) is 4.29. The maximum absolute atomic E-state index is 10.4. The number of aldehydes is 1. The largest absolute Gasteiger partial charge is 0.297 e. The van der Waals surface area contributed by atoms with Gasteiger partial charge in [-0.3, -0.25) is 4.79 Å². The second-order valence-corrected chi connectivity index (χ2v) is 2.95. The third kappa shape index (κ3) is 2.64. The van der Waals surface area contributed by atoms with Crippen molar-refractivity contribution in [1.82, 2.24) is 0 Å². The lowest BCUT2D eigenvalue weighted by Gasteiger charge is -1.81. The lowest BCUT2D eigenvalue weighted by molar-refractivity contribution is 0.112. The number of carbonyl (C=O) groups is 1. The summed E-state index contributed by atoms with van der Waals surface area (Å²) in [5.41, 5.74) is 8.65. The lowest BCUT2D eigenvalue weighted by atomic mass is 10.3. The molecule has 0 aliphatic rings. The molecule has 0 saturated carbocycles. The Hall–Kier alpha value is -1.76. The van der Waals surface area contributed by atoms with Crippen molar-refractivity contribution in [3.05, 3.63) is 32.3 Å². The summed E-state index contributed by atoms with van der Waals surface area (Å²) in [6.45, 7) is 0.130. The lowest BCUT2D eigenvalue weighted by Crippen LogP contribution is -1.77. The normalized spacial score (nSPS) is 8.00. The highest BCUT2D eigenvalue weighted by atomic mass is 32.1. The molecule has 0 radical (unpaired) electrons. The quantitative estimate of drug-likeness (QED) is 0.232. The fraction of sp³-hybridized carbons (Fsp3) is 0.125. The molecule has 13 heavy (non-hydrogen) atoms. The third-order valence-electron chi connectivity index (χ3n) is 1.24. The monoisotopic (exact) mass is 191 g/mol. The Balaban J connectivity index is 2.76. The van der Waals surface area contributed by atoms with Crippen LogP contribution in [0.25, 0.3) is 10.4 Å². The second-order valence-electron chi connectivity index (χ2n) is 2.01. The van der Waals surface area contributed by atoms with E-state index in [-0.39, 0.29) is 6.54 Å². The molecule has 0 atom stereocenters. The number of carbonyl (C=O) groups excluding carboxylic acids is 1. The molecule has 0 saturated heterocycles. The van der Waals surface area contributed by atoms with Crippen LogP contribution in [0, 0.1) is 11.8 Å². The standard InChI is InChI=1S/C8H5N3OS/c9-11-10-4-1-2-7-3-5-13-8(7)6-12/h3,5-6H,4H2. The molecule has 1 heterocycles. The van der Waals surface area contributed by atoms with Gasteiger partial charge in [0.25, 0.3) is 0 Å². The zero-order chi connectivity index (χ0) is 9.52. The summed E-state index contributed by atoms with van der Waals surface area (Å²) in [5.74, 6) is 5.38. The smallest absolute Gasteiger partial charge is 0.161 e. The summed E-state index contributed by atoms with van der Waals surface area (Å²) in [4.78, 5) is 13.6. The summed E-state index contributed by atoms with van der Waals surface area (Å²) in [6, 6.07) is 1.76. The van der Waals surface area contributed by atoms with Crippen molar-refractivity contribution in [2.75, 3.05) is 6.54 Å². The summed E-state index contributed by atoms with van der Waals surface area (Å²) < 4.78 is 0. The van der Waals surface area contributed by atoms with E-state index in [1.165, 1.54) is 11.3 Å². The summed E-state index contributed by atoms with van der Waals surface area (Å²) in [7, 11) is 0. The van der Waals surface area contributed by atoms with Crippen LogP contribution in [0.4, 0.5) is 0 Å². The number of thiophene rings is 1. The topological polar surface area (TPSA) is 65.8 Å². The third-order valence-corrected chi connectivity index (χ3v) is 2.08. The maximum atomic E-state index is 10.4.